The Labute approximate surface area is 146 Å². The van der Waals surface area contributed by atoms with Crippen molar-refractivity contribution in [3.8, 4) is 5.82 Å². The summed E-state index contributed by atoms with van der Waals surface area (Å²) in [5.41, 5.74) is -1.28. The minimum Gasteiger partial charge on any atom is -0.289 e. The molecule has 3 heterocycles. The van der Waals surface area contributed by atoms with E-state index >= 15 is 0 Å². The van der Waals surface area contributed by atoms with Gasteiger partial charge in [0.25, 0.3) is 5.91 Å². The van der Waals surface area contributed by atoms with Gasteiger partial charge in [0.2, 0.25) is 5.95 Å². The summed E-state index contributed by atoms with van der Waals surface area (Å²) in [7, 11) is 1.49. The predicted octanol–water partition coefficient (Wildman–Crippen LogP) is 1.82. The minimum absolute atomic E-state index is 0.0255. The van der Waals surface area contributed by atoms with Gasteiger partial charge in [-0.2, -0.15) is 18.3 Å². The minimum atomic E-state index is -4.67. The van der Waals surface area contributed by atoms with Gasteiger partial charge in [-0.05, 0) is 38.5 Å². The lowest BCUT2D eigenvalue weighted by atomic mass is 10.2. The summed E-state index contributed by atoms with van der Waals surface area (Å²) in [6, 6.07) is 1.73. The van der Waals surface area contributed by atoms with E-state index in [0.29, 0.717) is 10.5 Å². The molecule has 0 unspecified atom stereocenters. The molecule has 0 aliphatic heterocycles. The van der Waals surface area contributed by atoms with Gasteiger partial charge in [0.15, 0.2) is 5.82 Å². The van der Waals surface area contributed by atoms with Crippen LogP contribution in [0.3, 0.4) is 0 Å². The standard InChI is InChI=1S/C12H8BrF3N8O/c1-23-11(20-21-22-23)19-10(25)7-2-3-8(12(14,15)16)18-9(7)24-5-6(13)4-17-24/h2-5H,1H3,(H,19,20,22,25). The molecule has 0 atom stereocenters. The van der Waals surface area contributed by atoms with E-state index < -0.39 is 17.8 Å². The smallest absolute Gasteiger partial charge is 0.289 e. The van der Waals surface area contributed by atoms with Gasteiger partial charge in [0.05, 0.1) is 16.2 Å². The summed E-state index contributed by atoms with van der Waals surface area (Å²) in [5, 5.41) is 16.8. The Morgan fingerprint density at radius 1 is 1.32 bits per heavy atom. The number of anilines is 1. The van der Waals surface area contributed by atoms with Crippen LogP contribution in [0.15, 0.2) is 29.0 Å². The molecular weight excluding hydrogens is 409 g/mol. The summed E-state index contributed by atoms with van der Waals surface area (Å²) in [6.07, 6.45) is -1.93. The zero-order valence-electron chi connectivity index (χ0n) is 12.4. The number of alkyl halides is 3. The van der Waals surface area contributed by atoms with Crippen molar-refractivity contribution in [1.29, 1.82) is 0 Å². The monoisotopic (exact) mass is 416 g/mol. The van der Waals surface area contributed by atoms with Crippen LogP contribution in [-0.2, 0) is 13.2 Å². The molecular formula is C12H8BrF3N8O. The summed E-state index contributed by atoms with van der Waals surface area (Å²) in [5.74, 6) is -0.994. The maximum absolute atomic E-state index is 12.9. The fraction of sp³-hybridized carbons (Fsp3) is 0.167. The number of aromatic nitrogens is 7. The highest BCUT2D eigenvalue weighted by molar-refractivity contribution is 9.10. The summed E-state index contributed by atoms with van der Waals surface area (Å²) in [6.45, 7) is 0. The molecule has 0 radical (unpaired) electrons. The van der Waals surface area contributed by atoms with E-state index in [1.54, 1.807) is 0 Å². The number of hydrogen-bond donors (Lipinski definition) is 1. The molecule has 25 heavy (non-hydrogen) atoms. The van der Waals surface area contributed by atoms with Crippen molar-refractivity contribution in [2.45, 2.75) is 6.18 Å². The van der Waals surface area contributed by atoms with Crippen molar-refractivity contribution in [2.24, 2.45) is 7.05 Å². The third-order valence-electron chi connectivity index (χ3n) is 3.02. The van der Waals surface area contributed by atoms with E-state index in [1.165, 1.54) is 24.1 Å². The first-order chi connectivity index (χ1) is 11.8. The maximum atomic E-state index is 12.9. The Morgan fingerprint density at radius 3 is 2.64 bits per heavy atom. The van der Waals surface area contributed by atoms with Gasteiger partial charge in [0, 0.05) is 13.2 Å². The predicted molar refractivity (Wildman–Crippen MR) is 80.8 cm³/mol. The summed E-state index contributed by atoms with van der Waals surface area (Å²) in [4.78, 5) is 16.0. The lowest BCUT2D eigenvalue weighted by molar-refractivity contribution is -0.141. The third kappa shape index (κ3) is 3.50. The molecule has 0 aliphatic carbocycles. The molecule has 1 N–H and O–H groups in total. The van der Waals surface area contributed by atoms with Crippen molar-refractivity contribution in [1.82, 2.24) is 35.0 Å². The molecule has 0 saturated carbocycles. The first-order valence-corrected chi connectivity index (χ1v) is 7.37. The Morgan fingerprint density at radius 2 is 2.08 bits per heavy atom. The number of aryl methyl sites for hydroxylation is 1. The molecule has 1 amide bonds. The molecule has 3 rings (SSSR count). The van der Waals surface area contributed by atoms with Crippen molar-refractivity contribution in [2.75, 3.05) is 5.32 Å². The fourth-order valence-corrected chi connectivity index (χ4v) is 2.16. The van der Waals surface area contributed by atoms with Crippen LogP contribution in [0.25, 0.3) is 5.82 Å². The van der Waals surface area contributed by atoms with Crippen LogP contribution in [-0.4, -0.2) is 40.9 Å². The Balaban J connectivity index is 2.06. The zero-order chi connectivity index (χ0) is 18.2. The lowest BCUT2D eigenvalue weighted by Gasteiger charge is -2.12. The number of carbonyl (C=O) groups is 1. The molecule has 13 heteroatoms. The highest BCUT2D eigenvalue weighted by atomic mass is 79.9. The quantitative estimate of drug-likeness (QED) is 0.698. The van der Waals surface area contributed by atoms with Crippen LogP contribution in [0.2, 0.25) is 0 Å². The van der Waals surface area contributed by atoms with E-state index in [0.717, 1.165) is 10.7 Å². The van der Waals surface area contributed by atoms with Crippen LogP contribution < -0.4 is 5.32 Å². The van der Waals surface area contributed by atoms with Crippen LogP contribution in [0, 0.1) is 0 Å². The number of halogens is 4. The second kappa shape index (κ2) is 6.23. The molecule has 0 bridgehead atoms. The average Bonchev–Trinajstić information content (AvgIpc) is 3.15. The van der Waals surface area contributed by atoms with Crippen LogP contribution in [0.5, 0.6) is 0 Å². The Kier molecular flexibility index (Phi) is 4.24. The number of hydrogen-bond acceptors (Lipinski definition) is 6. The maximum Gasteiger partial charge on any atom is 0.433 e. The fourth-order valence-electron chi connectivity index (χ4n) is 1.88. The molecule has 0 fully saturated rings. The van der Waals surface area contributed by atoms with Gasteiger partial charge in [-0.15, -0.1) is 0 Å². The van der Waals surface area contributed by atoms with Gasteiger partial charge in [-0.3, -0.25) is 10.1 Å². The number of nitrogens with one attached hydrogen (secondary N) is 1. The van der Waals surface area contributed by atoms with E-state index in [9.17, 15) is 18.0 Å². The first kappa shape index (κ1) is 17.0. The molecule has 3 aromatic heterocycles. The third-order valence-corrected chi connectivity index (χ3v) is 3.43. The van der Waals surface area contributed by atoms with E-state index in [1.807, 2.05) is 0 Å². The number of pyridine rings is 1. The normalized spacial score (nSPS) is 11.6. The molecule has 0 spiro atoms. The van der Waals surface area contributed by atoms with E-state index in [2.05, 4.69) is 46.9 Å². The van der Waals surface area contributed by atoms with Gasteiger partial charge < -0.3 is 0 Å². The summed E-state index contributed by atoms with van der Waals surface area (Å²) < 4.78 is 41.6. The van der Waals surface area contributed by atoms with Crippen LogP contribution in [0.1, 0.15) is 16.1 Å². The first-order valence-electron chi connectivity index (χ1n) is 6.58. The highest BCUT2D eigenvalue weighted by Gasteiger charge is 2.34. The molecule has 0 saturated heterocycles. The Bertz CT molecular complexity index is 935. The highest BCUT2D eigenvalue weighted by Crippen LogP contribution is 2.29. The van der Waals surface area contributed by atoms with Crippen LogP contribution >= 0.6 is 15.9 Å². The second-order valence-corrected chi connectivity index (χ2v) is 5.66. The number of tetrazole rings is 1. The Hall–Kier alpha value is -2.83. The van der Waals surface area contributed by atoms with E-state index in [-0.39, 0.29) is 17.3 Å². The largest absolute Gasteiger partial charge is 0.433 e. The van der Waals surface area contributed by atoms with Crippen molar-refractivity contribution in [3.05, 3.63) is 40.3 Å². The molecule has 0 aromatic carbocycles. The number of rotatable bonds is 3. The average molecular weight is 417 g/mol. The number of nitrogens with zero attached hydrogens (tertiary/aromatic N) is 7. The number of amides is 1. The van der Waals surface area contributed by atoms with Gasteiger partial charge in [-0.1, -0.05) is 5.10 Å². The lowest BCUT2D eigenvalue weighted by Crippen LogP contribution is -2.20. The molecule has 3 aromatic rings. The topological polar surface area (TPSA) is 103 Å². The van der Waals surface area contributed by atoms with Gasteiger partial charge in [0.1, 0.15) is 5.69 Å². The zero-order valence-corrected chi connectivity index (χ0v) is 13.9. The second-order valence-electron chi connectivity index (χ2n) is 4.75. The number of carbonyl (C=O) groups excluding carboxylic acids is 1. The van der Waals surface area contributed by atoms with E-state index in [4.69, 9.17) is 0 Å². The van der Waals surface area contributed by atoms with Crippen molar-refractivity contribution in [3.63, 3.8) is 0 Å². The molecule has 9 nitrogen and oxygen atoms in total. The van der Waals surface area contributed by atoms with Crippen molar-refractivity contribution < 1.29 is 18.0 Å². The molecule has 0 aliphatic rings. The van der Waals surface area contributed by atoms with Gasteiger partial charge in [-0.25, -0.2) is 14.3 Å². The SMILES string of the molecule is Cn1nnnc1NC(=O)c1ccc(C(F)(F)F)nc1-n1cc(Br)cn1. The van der Waals surface area contributed by atoms with Crippen LogP contribution in [0.4, 0.5) is 19.1 Å². The molecule has 130 valence electrons. The van der Waals surface area contributed by atoms with Crippen molar-refractivity contribution >= 4 is 27.8 Å². The van der Waals surface area contributed by atoms with Gasteiger partial charge >= 0.3 is 6.18 Å². The summed E-state index contributed by atoms with van der Waals surface area (Å²) >= 11 is 3.14.